The first-order valence-corrected chi connectivity index (χ1v) is 6.29. The molecular formula is C12H18N4O2. The molecule has 1 aliphatic rings. The van der Waals surface area contributed by atoms with E-state index in [0.717, 1.165) is 13.1 Å². The number of piperidine rings is 1. The minimum atomic E-state index is -1.05. The number of rotatable bonds is 5. The van der Waals surface area contributed by atoms with Crippen LogP contribution in [0.3, 0.4) is 0 Å². The van der Waals surface area contributed by atoms with Crippen LogP contribution in [0.2, 0.25) is 0 Å². The molecule has 18 heavy (non-hydrogen) atoms. The molecule has 1 aromatic rings. The van der Waals surface area contributed by atoms with Gasteiger partial charge in [0.25, 0.3) is 0 Å². The molecule has 98 valence electrons. The fourth-order valence-corrected chi connectivity index (χ4v) is 2.07. The molecular weight excluding hydrogens is 232 g/mol. The third-order valence-corrected chi connectivity index (χ3v) is 3.07. The van der Waals surface area contributed by atoms with Crippen molar-refractivity contribution in [2.45, 2.75) is 19.3 Å². The Labute approximate surface area is 106 Å². The third kappa shape index (κ3) is 3.66. The summed E-state index contributed by atoms with van der Waals surface area (Å²) < 4.78 is 0. The number of carboxylic acid groups (broad SMARTS) is 1. The summed E-state index contributed by atoms with van der Waals surface area (Å²) in [6, 6.07) is 3.10. The van der Waals surface area contributed by atoms with Crippen LogP contribution >= 0.6 is 0 Å². The lowest BCUT2D eigenvalue weighted by atomic mass is 10.1. The molecule has 0 spiro atoms. The molecule has 1 aromatic heterocycles. The minimum Gasteiger partial charge on any atom is -0.476 e. The number of aromatic nitrogens is 2. The zero-order chi connectivity index (χ0) is 12.8. The predicted molar refractivity (Wildman–Crippen MR) is 67.8 cm³/mol. The first kappa shape index (κ1) is 12.8. The van der Waals surface area contributed by atoms with E-state index in [4.69, 9.17) is 5.11 Å². The second kappa shape index (κ2) is 6.30. The molecule has 0 aliphatic carbocycles. The zero-order valence-electron chi connectivity index (χ0n) is 10.3. The Morgan fingerprint density at radius 3 is 2.67 bits per heavy atom. The number of hydrogen-bond donors (Lipinski definition) is 2. The van der Waals surface area contributed by atoms with Gasteiger partial charge in [0.2, 0.25) is 0 Å². The predicted octanol–water partition coefficient (Wildman–Crippen LogP) is 1.07. The highest BCUT2D eigenvalue weighted by atomic mass is 16.4. The first-order valence-electron chi connectivity index (χ1n) is 6.29. The number of likely N-dealkylation sites (tertiary alicyclic amines) is 1. The Bertz CT molecular complexity index is 388. The van der Waals surface area contributed by atoms with E-state index >= 15 is 0 Å². The molecule has 0 amide bonds. The van der Waals surface area contributed by atoms with Crippen molar-refractivity contribution in [3.8, 4) is 0 Å². The second-order valence-corrected chi connectivity index (χ2v) is 4.44. The summed E-state index contributed by atoms with van der Waals surface area (Å²) in [5.41, 5.74) is -0.0309. The number of aromatic carboxylic acids is 1. The van der Waals surface area contributed by atoms with E-state index in [9.17, 15) is 4.79 Å². The average Bonchev–Trinajstić information content (AvgIpc) is 2.40. The monoisotopic (exact) mass is 250 g/mol. The third-order valence-electron chi connectivity index (χ3n) is 3.07. The van der Waals surface area contributed by atoms with E-state index < -0.39 is 5.97 Å². The number of anilines is 1. The summed E-state index contributed by atoms with van der Waals surface area (Å²) in [5, 5.41) is 19.3. The van der Waals surface area contributed by atoms with Crippen molar-refractivity contribution < 1.29 is 9.90 Å². The van der Waals surface area contributed by atoms with Crippen molar-refractivity contribution in [1.29, 1.82) is 0 Å². The van der Waals surface area contributed by atoms with Gasteiger partial charge in [-0.15, -0.1) is 10.2 Å². The lowest BCUT2D eigenvalue weighted by Crippen LogP contribution is -2.33. The molecule has 1 fully saturated rings. The maximum atomic E-state index is 10.6. The first-order chi connectivity index (χ1) is 8.75. The Morgan fingerprint density at radius 1 is 1.28 bits per heavy atom. The van der Waals surface area contributed by atoms with Crippen LogP contribution in [0.1, 0.15) is 29.8 Å². The van der Waals surface area contributed by atoms with E-state index in [2.05, 4.69) is 20.4 Å². The number of hydrogen-bond acceptors (Lipinski definition) is 5. The molecule has 0 bridgehead atoms. The Kier molecular flexibility index (Phi) is 4.46. The van der Waals surface area contributed by atoms with Gasteiger partial charge < -0.3 is 15.3 Å². The molecule has 0 radical (unpaired) electrons. The van der Waals surface area contributed by atoms with Gasteiger partial charge in [-0.2, -0.15) is 0 Å². The van der Waals surface area contributed by atoms with E-state index in [-0.39, 0.29) is 5.69 Å². The lowest BCUT2D eigenvalue weighted by Gasteiger charge is -2.26. The summed E-state index contributed by atoms with van der Waals surface area (Å²) in [6.45, 7) is 4.14. The molecule has 0 saturated carbocycles. The number of carboxylic acids is 1. The van der Waals surface area contributed by atoms with Crippen LogP contribution in [-0.4, -0.2) is 52.4 Å². The summed E-state index contributed by atoms with van der Waals surface area (Å²) in [4.78, 5) is 13.0. The van der Waals surface area contributed by atoms with E-state index in [0.29, 0.717) is 5.82 Å². The van der Waals surface area contributed by atoms with Gasteiger partial charge in [0, 0.05) is 13.1 Å². The summed E-state index contributed by atoms with van der Waals surface area (Å²) in [6.07, 6.45) is 3.91. The second-order valence-electron chi connectivity index (χ2n) is 4.44. The Morgan fingerprint density at radius 2 is 2.06 bits per heavy atom. The largest absolute Gasteiger partial charge is 0.476 e. The van der Waals surface area contributed by atoms with Crippen molar-refractivity contribution in [1.82, 2.24) is 15.1 Å². The van der Waals surface area contributed by atoms with E-state index in [1.807, 2.05) is 0 Å². The van der Waals surface area contributed by atoms with Gasteiger partial charge in [0.1, 0.15) is 5.82 Å². The zero-order valence-corrected chi connectivity index (χ0v) is 10.3. The Hall–Kier alpha value is -1.69. The highest BCUT2D eigenvalue weighted by Gasteiger charge is 2.09. The molecule has 6 heteroatoms. The molecule has 1 saturated heterocycles. The van der Waals surface area contributed by atoms with E-state index in [1.165, 1.54) is 38.4 Å². The number of nitrogens with zero attached hydrogens (tertiary/aromatic N) is 3. The van der Waals surface area contributed by atoms with Crippen LogP contribution < -0.4 is 5.32 Å². The number of carbonyl (C=O) groups is 1. The summed E-state index contributed by atoms with van der Waals surface area (Å²) in [5.74, 6) is -0.431. The van der Waals surface area contributed by atoms with Crippen molar-refractivity contribution in [2.24, 2.45) is 0 Å². The standard InChI is InChI=1S/C12H18N4O2/c17-12(18)10-4-5-11(15-14-10)13-6-9-16-7-2-1-3-8-16/h4-5H,1-3,6-9H2,(H,13,15)(H,17,18). The van der Waals surface area contributed by atoms with Gasteiger partial charge in [0.15, 0.2) is 5.69 Å². The normalized spacial score (nSPS) is 16.4. The van der Waals surface area contributed by atoms with Crippen LogP contribution in [0.4, 0.5) is 5.82 Å². The van der Waals surface area contributed by atoms with Crippen molar-refractivity contribution >= 4 is 11.8 Å². The van der Waals surface area contributed by atoms with Gasteiger partial charge in [-0.25, -0.2) is 4.79 Å². The maximum Gasteiger partial charge on any atom is 0.356 e. The fourth-order valence-electron chi connectivity index (χ4n) is 2.07. The minimum absolute atomic E-state index is 0.0309. The quantitative estimate of drug-likeness (QED) is 0.814. The lowest BCUT2D eigenvalue weighted by molar-refractivity contribution is 0.0689. The number of nitrogens with one attached hydrogen (secondary N) is 1. The molecule has 0 unspecified atom stereocenters. The van der Waals surface area contributed by atoms with Crippen LogP contribution in [-0.2, 0) is 0 Å². The van der Waals surface area contributed by atoms with Gasteiger partial charge in [0.05, 0.1) is 0 Å². The van der Waals surface area contributed by atoms with Crippen LogP contribution in [0.25, 0.3) is 0 Å². The highest BCUT2D eigenvalue weighted by Crippen LogP contribution is 2.08. The van der Waals surface area contributed by atoms with Gasteiger partial charge in [-0.3, -0.25) is 0 Å². The fraction of sp³-hybridized carbons (Fsp3) is 0.583. The van der Waals surface area contributed by atoms with Gasteiger partial charge >= 0.3 is 5.97 Å². The SMILES string of the molecule is O=C(O)c1ccc(NCCN2CCCCC2)nn1. The van der Waals surface area contributed by atoms with Crippen LogP contribution in [0.5, 0.6) is 0 Å². The summed E-state index contributed by atoms with van der Waals surface area (Å²) >= 11 is 0. The molecule has 2 heterocycles. The molecule has 2 N–H and O–H groups in total. The van der Waals surface area contributed by atoms with Crippen molar-refractivity contribution in [3.05, 3.63) is 17.8 Å². The van der Waals surface area contributed by atoms with Crippen molar-refractivity contribution in [2.75, 3.05) is 31.5 Å². The van der Waals surface area contributed by atoms with Crippen LogP contribution in [0, 0.1) is 0 Å². The smallest absolute Gasteiger partial charge is 0.356 e. The molecule has 2 rings (SSSR count). The molecule has 1 aliphatic heterocycles. The molecule has 0 aromatic carbocycles. The van der Waals surface area contributed by atoms with E-state index in [1.54, 1.807) is 6.07 Å². The highest BCUT2D eigenvalue weighted by molar-refractivity contribution is 5.85. The van der Waals surface area contributed by atoms with Crippen LogP contribution in [0.15, 0.2) is 12.1 Å². The maximum absolute atomic E-state index is 10.6. The summed E-state index contributed by atoms with van der Waals surface area (Å²) in [7, 11) is 0. The molecule has 0 atom stereocenters. The average molecular weight is 250 g/mol. The topological polar surface area (TPSA) is 78.4 Å². The van der Waals surface area contributed by atoms with Gasteiger partial charge in [-0.05, 0) is 38.1 Å². The van der Waals surface area contributed by atoms with Crippen molar-refractivity contribution in [3.63, 3.8) is 0 Å². The Balaban J connectivity index is 1.74. The van der Waals surface area contributed by atoms with Gasteiger partial charge in [-0.1, -0.05) is 6.42 Å². The molecule has 6 nitrogen and oxygen atoms in total.